The fourth-order valence-corrected chi connectivity index (χ4v) is 3.88. The van der Waals surface area contributed by atoms with Gasteiger partial charge in [-0.25, -0.2) is 0 Å². The van der Waals surface area contributed by atoms with Gasteiger partial charge in [0.2, 0.25) is 5.91 Å². The fourth-order valence-electron chi connectivity index (χ4n) is 2.98. The molecular formula is C22H26N4O3S. The highest BCUT2D eigenvalue weighted by Crippen LogP contribution is 2.25. The molecule has 1 N–H and O–H groups in total. The van der Waals surface area contributed by atoms with E-state index in [9.17, 15) is 9.59 Å². The molecule has 8 heteroatoms. The van der Waals surface area contributed by atoms with Crippen molar-refractivity contribution in [3.63, 3.8) is 0 Å². The molecule has 3 rings (SSSR count). The number of carbonyl (C=O) groups excluding carboxylic acids is 2. The summed E-state index contributed by atoms with van der Waals surface area (Å²) >= 11 is 1.35. The van der Waals surface area contributed by atoms with Crippen LogP contribution in [0.5, 0.6) is 0 Å². The Bertz CT molecular complexity index is 965. The third-order valence-corrected chi connectivity index (χ3v) is 5.57. The summed E-state index contributed by atoms with van der Waals surface area (Å²) in [5.41, 5.74) is 1.30. The number of nitrogens with one attached hydrogen (secondary N) is 1. The first-order valence-electron chi connectivity index (χ1n) is 10.1. The van der Waals surface area contributed by atoms with Gasteiger partial charge in [0.15, 0.2) is 22.5 Å². The highest BCUT2D eigenvalue weighted by molar-refractivity contribution is 7.99. The Balaban J connectivity index is 1.56. The van der Waals surface area contributed by atoms with Crippen LogP contribution in [-0.2, 0) is 11.3 Å². The lowest BCUT2D eigenvalue weighted by atomic mass is 10.1. The standard InChI is InChI=1S/C22H26N4O3S/c1-3-5-6-9-20(28)23-17-12-10-16(11-13-17)18(27)15-30-22-25-24-21(26(22)4-2)19-8-7-14-29-19/h7-8,10-14H,3-6,9,15H2,1-2H3,(H,23,28). The molecule has 0 spiro atoms. The summed E-state index contributed by atoms with van der Waals surface area (Å²) in [6.45, 7) is 4.78. The van der Waals surface area contributed by atoms with Gasteiger partial charge in [-0.3, -0.25) is 14.2 Å². The van der Waals surface area contributed by atoms with Crippen LogP contribution in [0.15, 0.2) is 52.2 Å². The Morgan fingerprint density at radius 2 is 1.90 bits per heavy atom. The third kappa shape index (κ3) is 5.60. The number of anilines is 1. The number of amides is 1. The molecule has 0 atom stereocenters. The Hall–Kier alpha value is -2.87. The zero-order valence-electron chi connectivity index (χ0n) is 17.3. The van der Waals surface area contributed by atoms with Crippen molar-refractivity contribution >= 4 is 29.1 Å². The van der Waals surface area contributed by atoms with Crippen molar-refractivity contribution < 1.29 is 14.0 Å². The molecule has 0 aliphatic carbocycles. The van der Waals surface area contributed by atoms with Crippen LogP contribution >= 0.6 is 11.8 Å². The summed E-state index contributed by atoms with van der Waals surface area (Å²) in [4.78, 5) is 24.5. The van der Waals surface area contributed by atoms with Crippen LogP contribution in [0.25, 0.3) is 11.6 Å². The van der Waals surface area contributed by atoms with Gasteiger partial charge in [-0.05, 0) is 49.7 Å². The molecule has 1 amide bonds. The van der Waals surface area contributed by atoms with Crippen LogP contribution < -0.4 is 5.32 Å². The van der Waals surface area contributed by atoms with Crippen molar-refractivity contribution in [2.45, 2.75) is 51.2 Å². The van der Waals surface area contributed by atoms with Crippen LogP contribution in [0.4, 0.5) is 5.69 Å². The number of hydrogen-bond acceptors (Lipinski definition) is 6. The van der Waals surface area contributed by atoms with Gasteiger partial charge in [0.05, 0.1) is 12.0 Å². The van der Waals surface area contributed by atoms with Gasteiger partial charge in [0, 0.05) is 24.2 Å². The minimum absolute atomic E-state index is 0.00402. The van der Waals surface area contributed by atoms with Crippen LogP contribution in [-0.4, -0.2) is 32.2 Å². The van der Waals surface area contributed by atoms with Crippen LogP contribution in [0, 0.1) is 0 Å². The molecule has 0 aliphatic rings. The van der Waals surface area contributed by atoms with E-state index in [0.717, 1.165) is 19.3 Å². The van der Waals surface area contributed by atoms with Crippen molar-refractivity contribution in [2.24, 2.45) is 0 Å². The lowest BCUT2D eigenvalue weighted by Crippen LogP contribution is -2.11. The Labute approximate surface area is 180 Å². The van der Waals surface area contributed by atoms with E-state index in [1.54, 1.807) is 36.6 Å². The second-order valence-electron chi connectivity index (χ2n) is 6.82. The lowest BCUT2D eigenvalue weighted by molar-refractivity contribution is -0.116. The predicted octanol–water partition coefficient (Wildman–Crippen LogP) is 5.05. The maximum absolute atomic E-state index is 12.6. The molecule has 0 radical (unpaired) electrons. The number of hydrogen-bond donors (Lipinski definition) is 1. The predicted molar refractivity (Wildman–Crippen MR) is 118 cm³/mol. The van der Waals surface area contributed by atoms with Crippen molar-refractivity contribution in [3.8, 4) is 11.6 Å². The minimum atomic E-state index is -0.00831. The highest BCUT2D eigenvalue weighted by atomic mass is 32.2. The molecule has 158 valence electrons. The lowest BCUT2D eigenvalue weighted by Gasteiger charge is -2.07. The Morgan fingerprint density at radius 3 is 2.57 bits per heavy atom. The molecule has 0 unspecified atom stereocenters. The van der Waals surface area contributed by atoms with Crippen molar-refractivity contribution in [1.82, 2.24) is 14.8 Å². The van der Waals surface area contributed by atoms with E-state index < -0.39 is 0 Å². The van der Waals surface area contributed by atoms with E-state index >= 15 is 0 Å². The van der Waals surface area contributed by atoms with Crippen LogP contribution in [0.1, 0.15) is 49.9 Å². The molecule has 0 aliphatic heterocycles. The first kappa shape index (κ1) is 21.8. The fraction of sp³-hybridized carbons (Fsp3) is 0.364. The molecule has 3 aromatic rings. The minimum Gasteiger partial charge on any atom is -0.461 e. The van der Waals surface area contributed by atoms with E-state index in [-0.39, 0.29) is 17.4 Å². The summed E-state index contributed by atoms with van der Waals surface area (Å²) in [6, 6.07) is 10.6. The molecule has 0 bridgehead atoms. The average molecular weight is 427 g/mol. The van der Waals surface area contributed by atoms with Gasteiger partial charge < -0.3 is 9.73 Å². The van der Waals surface area contributed by atoms with E-state index in [2.05, 4.69) is 22.4 Å². The monoisotopic (exact) mass is 426 g/mol. The van der Waals surface area contributed by atoms with Crippen molar-refractivity contribution in [1.29, 1.82) is 0 Å². The number of Topliss-reactive ketones (excluding diaryl/α,β-unsaturated/α-hetero) is 1. The molecule has 0 saturated carbocycles. The summed E-state index contributed by atoms with van der Waals surface area (Å²) in [5, 5.41) is 11.9. The third-order valence-electron chi connectivity index (χ3n) is 4.61. The van der Waals surface area contributed by atoms with Crippen molar-refractivity contribution in [3.05, 3.63) is 48.2 Å². The van der Waals surface area contributed by atoms with Gasteiger partial charge in [0.25, 0.3) is 0 Å². The molecule has 0 saturated heterocycles. The van der Waals surface area contributed by atoms with E-state index in [4.69, 9.17) is 4.42 Å². The number of nitrogens with zero attached hydrogens (tertiary/aromatic N) is 3. The van der Waals surface area contributed by atoms with Gasteiger partial charge in [-0.2, -0.15) is 0 Å². The first-order chi connectivity index (χ1) is 14.6. The number of furan rings is 1. The molecule has 2 aromatic heterocycles. The number of benzene rings is 1. The molecular weight excluding hydrogens is 400 g/mol. The number of ketones is 1. The zero-order valence-corrected chi connectivity index (χ0v) is 18.1. The first-order valence-corrected chi connectivity index (χ1v) is 11.1. The molecule has 0 fully saturated rings. The van der Waals surface area contributed by atoms with Gasteiger partial charge >= 0.3 is 0 Å². The number of aromatic nitrogens is 3. The average Bonchev–Trinajstić information content (AvgIpc) is 3.42. The molecule has 1 aromatic carbocycles. The number of thioether (sulfide) groups is 1. The zero-order chi connectivity index (χ0) is 21.3. The van der Waals surface area contributed by atoms with E-state index in [1.165, 1.54) is 11.8 Å². The summed E-state index contributed by atoms with van der Waals surface area (Å²) < 4.78 is 7.33. The van der Waals surface area contributed by atoms with Gasteiger partial charge in [-0.1, -0.05) is 31.5 Å². The SMILES string of the molecule is CCCCCC(=O)Nc1ccc(C(=O)CSc2nnc(-c3ccco3)n2CC)cc1. The maximum Gasteiger partial charge on any atom is 0.224 e. The Morgan fingerprint density at radius 1 is 1.10 bits per heavy atom. The molecule has 30 heavy (non-hydrogen) atoms. The topological polar surface area (TPSA) is 90.0 Å². The summed E-state index contributed by atoms with van der Waals surface area (Å²) in [6.07, 6.45) is 5.13. The normalized spacial score (nSPS) is 10.9. The quantitative estimate of drug-likeness (QED) is 0.262. The number of unbranched alkanes of at least 4 members (excludes halogenated alkanes) is 2. The highest BCUT2D eigenvalue weighted by Gasteiger charge is 2.16. The summed E-state index contributed by atoms with van der Waals surface area (Å²) in [7, 11) is 0. The summed E-state index contributed by atoms with van der Waals surface area (Å²) in [5.74, 6) is 1.54. The van der Waals surface area contributed by atoms with Crippen molar-refractivity contribution in [2.75, 3.05) is 11.1 Å². The number of rotatable bonds is 11. The van der Waals surface area contributed by atoms with E-state index in [1.807, 2.05) is 17.6 Å². The Kier molecular flexibility index (Phi) is 7.84. The molecule has 7 nitrogen and oxygen atoms in total. The molecule has 2 heterocycles. The number of carbonyl (C=O) groups is 2. The smallest absolute Gasteiger partial charge is 0.224 e. The largest absolute Gasteiger partial charge is 0.461 e. The van der Waals surface area contributed by atoms with Crippen LogP contribution in [0.2, 0.25) is 0 Å². The van der Waals surface area contributed by atoms with Gasteiger partial charge in [-0.15, -0.1) is 10.2 Å². The van der Waals surface area contributed by atoms with E-state index in [0.29, 0.717) is 41.0 Å². The van der Waals surface area contributed by atoms with Gasteiger partial charge in [0.1, 0.15) is 0 Å². The second-order valence-corrected chi connectivity index (χ2v) is 7.76. The van der Waals surface area contributed by atoms with Crippen LogP contribution in [0.3, 0.4) is 0 Å². The second kappa shape index (κ2) is 10.8. The maximum atomic E-state index is 12.6.